The fourth-order valence-electron chi connectivity index (χ4n) is 2.91. The third-order valence-electron chi connectivity index (χ3n) is 4.74. The number of aromatic carboxylic acids is 1. The lowest BCUT2D eigenvalue weighted by molar-refractivity contribution is 0.0697. The molecule has 0 spiro atoms. The Labute approximate surface area is 167 Å². The number of nitroso groups, excluding NO2 is 1. The Hall–Kier alpha value is -2.58. The molecule has 2 aromatic carbocycles. The summed E-state index contributed by atoms with van der Waals surface area (Å²) in [7, 11) is -2.99. The molecule has 152 valence electrons. The van der Waals surface area contributed by atoms with Crippen LogP contribution in [-0.4, -0.2) is 46.6 Å². The van der Waals surface area contributed by atoms with E-state index < -0.39 is 19.7 Å². The summed E-state index contributed by atoms with van der Waals surface area (Å²) in [5.41, 5.74) is 0.921. The standard InChI is InChI=1S/C19H20N3O6P/c1-13(28-29(26,21-8-9-21)22-10-11-22)15-4-7-17(20-25)18(12-15)27-16-5-2-14(3-6-16)19(23)24/h2-7,12-13H,8-11H2,1H3,(H,23,24). The Balaban J connectivity index is 1.55. The van der Waals surface area contributed by atoms with Gasteiger partial charge in [-0.25, -0.2) is 14.1 Å². The molecular weight excluding hydrogens is 397 g/mol. The summed E-state index contributed by atoms with van der Waals surface area (Å²) >= 11 is 0. The van der Waals surface area contributed by atoms with Gasteiger partial charge in [0.05, 0.1) is 11.7 Å². The molecule has 9 nitrogen and oxygen atoms in total. The van der Waals surface area contributed by atoms with Crippen LogP contribution >= 0.6 is 7.67 Å². The van der Waals surface area contributed by atoms with Gasteiger partial charge in [-0.05, 0) is 54.1 Å². The van der Waals surface area contributed by atoms with Crippen LogP contribution in [0.5, 0.6) is 11.5 Å². The van der Waals surface area contributed by atoms with E-state index >= 15 is 0 Å². The summed E-state index contributed by atoms with van der Waals surface area (Å²) in [6.07, 6.45) is -0.487. The van der Waals surface area contributed by atoms with Gasteiger partial charge < -0.3 is 9.84 Å². The van der Waals surface area contributed by atoms with E-state index in [9.17, 15) is 14.3 Å². The molecule has 10 heteroatoms. The molecule has 2 aromatic rings. The largest absolute Gasteiger partial charge is 0.478 e. The van der Waals surface area contributed by atoms with Crippen LogP contribution in [0.15, 0.2) is 47.6 Å². The smallest absolute Gasteiger partial charge is 0.346 e. The molecule has 2 saturated heterocycles. The lowest BCUT2D eigenvalue weighted by Crippen LogP contribution is -2.10. The van der Waals surface area contributed by atoms with E-state index in [0.717, 1.165) is 26.2 Å². The van der Waals surface area contributed by atoms with Crippen molar-refractivity contribution in [3.63, 3.8) is 0 Å². The first-order chi connectivity index (χ1) is 13.9. The van der Waals surface area contributed by atoms with Crippen LogP contribution in [0.3, 0.4) is 0 Å². The number of rotatable bonds is 9. The minimum Gasteiger partial charge on any atom is -0.478 e. The van der Waals surface area contributed by atoms with Crippen LogP contribution in [0, 0.1) is 4.91 Å². The molecule has 2 aliphatic heterocycles. The molecule has 4 rings (SSSR count). The molecule has 0 aliphatic carbocycles. The quantitative estimate of drug-likeness (QED) is 0.364. The minimum atomic E-state index is -2.99. The fraction of sp³-hybridized carbons (Fsp3) is 0.316. The summed E-state index contributed by atoms with van der Waals surface area (Å²) in [6.45, 7) is 4.84. The molecule has 1 atom stereocenters. The molecule has 0 amide bonds. The van der Waals surface area contributed by atoms with Gasteiger partial charge in [0.2, 0.25) is 0 Å². The second-order valence-electron chi connectivity index (χ2n) is 6.90. The van der Waals surface area contributed by atoms with Crippen LogP contribution in [0.2, 0.25) is 0 Å². The third-order valence-corrected chi connectivity index (χ3v) is 7.56. The van der Waals surface area contributed by atoms with Crippen molar-refractivity contribution in [2.45, 2.75) is 13.0 Å². The summed E-state index contributed by atoms with van der Waals surface area (Å²) < 4.78 is 28.6. The summed E-state index contributed by atoms with van der Waals surface area (Å²) in [6, 6.07) is 10.7. The highest BCUT2D eigenvalue weighted by molar-refractivity contribution is 7.54. The van der Waals surface area contributed by atoms with E-state index in [2.05, 4.69) is 5.18 Å². The molecule has 2 fully saturated rings. The number of nitrogens with zero attached hydrogens (tertiary/aromatic N) is 3. The first-order valence-corrected chi connectivity index (χ1v) is 10.7. The van der Waals surface area contributed by atoms with Crippen molar-refractivity contribution in [2.75, 3.05) is 26.2 Å². The first kappa shape index (κ1) is 19.7. The van der Waals surface area contributed by atoms with E-state index in [1.165, 1.54) is 30.3 Å². The second-order valence-corrected chi connectivity index (χ2v) is 9.22. The van der Waals surface area contributed by atoms with Crippen LogP contribution < -0.4 is 4.74 Å². The molecule has 0 aromatic heterocycles. The summed E-state index contributed by atoms with van der Waals surface area (Å²) in [4.78, 5) is 22.1. The van der Waals surface area contributed by atoms with Crippen molar-refractivity contribution in [3.8, 4) is 11.5 Å². The Kier molecular flexibility index (Phi) is 5.23. The van der Waals surface area contributed by atoms with E-state index in [1.807, 2.05) is 9.34 Å². The van der Waals surface area contributed by atoms with Gasteiger partial charge in [-0.15, -0.1) is 4.91 Å². The molecule has 0 saturated carbocycles. The molecule has 0 radical (unpaired) electrons. The first-order valence-electron chi connectivity index (χ1n) is 9.18. The SMILES string of the molecule is CC(OP(=O)(N1CC1)N1CC1)c1ccc(N=O)c(Oc2ccc(C(=O)O)cc2)c1. The predicted octanol–water partition coefficient (Wildman–Crippen LogP) is 4.39. The number of benzene rings is 2. The van der Waals surface area contributed by atoms with Gasteiger partial charge in [0.25, 0.3) is 0 Å². The minimum absolute atomic E-state index is 0.100. The maximum Gasteiger partial charge on any atom is 0.346 e. The molecular formula is C19H20N3O6P. The fourth-order valence-corrected chi connectivity index (χ4v) is 5.26. The van der Waals surface area contributed by atoms with Crippen molar-refractivity contribution < 1.29 is 23.7 Å². The zero-order valence-electron chi connectivity index (χ0n) is 15.7. The molecule has 1 unspecified atom stereocenters. The van der Waals surface area contributed by atoms with Crippen molar-refractivity contribution >= 4 is 19.3 Å². The predicted molar refractivity (Wildman–Crippen MR) is 106 cm³/mol. The van der Waals surface area contributed by atoms with Gasteiger partial charge >= 0.3 is 13.6 Å². The molecule has 1 N–H and O–H groups in total. The number of hydrogen-bond donors (Lipinski definition) is 1. The second kappa shape index (κ2) is 7.68. The highest BCUT2D eigenvalue weighted by atomic mass is 31.2. The Morgan fingerprint density at radius 1 is 1.10 bits per heavy atom. The monoisotopic (exact) mass is 417 g/mol. The van der Waals surface area contributed by atoms with Crippen molar-refractivity contribution in [3.05, 3.63) is 58.5 Å². The van der Waals surface area contributed by atoms with Gasteiger partial charge in [0.1, 0.15) is 5.75 Å². The van der Waals surface area contributed by atoms with Crippen LogP contribution in [0.4, 0.5) is 5.69 Å². The van der Waals surface area contributed by atoms with Gasteiger partial charge in [-0.3, -0.25) is 9.09 Å². The Morgan fingerprint density at radius 2 is 1.72 bits per heavy atom. The average Bonchev–Trinajstić information content (AvgIpc) is 3.59. The normalized spacial score (nSPS) is 17.6. The third kappa shape index (κ3) is 4.23. The Bertz CT molecular complexity index is 972. The maximum atomic E-state index is 13.2. The molecule has 2 heterocycles. The number of carboxylic acids is 1. The molecule has 0 bridgehead atoms. The van der Waals surface area contributed by atoms with Crippen molar-refractivity contribution in [1.29, 1.82) is 0 Å². The van der Waals surface area contributed by atoms with E-state index in [-0.39, 0.29) is 17.0 Å². The van der Waals surface area contributed by atoms with Gasteiger partial charge in [0.15, 0.2) is 11.4 Å². The number of carbonyl (C=O) groups is 1. The number of carboxylic acid groups (broad SMARTS) is 1. The summed E-state index contributed by atoms with van der Waals surface area (Å²) in [5.74, 6) is -0.462. The van der Waals surface area contributed by atoms with E-state index in [1.54, 1.807) is 19.1 Å². The Morgan fingerprint density at radius 3 is 2.24 bits per heavy atom. The highest BCUT2D eigenvalue weighted by Crippen LogP contribution is 2.63. The molecule has 29 heavy (non-hydrogen) atoms. The van der Waals surface area contributed by atoms with Crippen molar-refractivity contribution in [2.24, 2.45) is 5.18 Å². The zero-order chi connectivity index (χ0) is 20.6. The van der Waals surface area contributed by atoms with Crippen LogP contribution in [0.1, 0.15) is 28.9 Å². The van der Waals surface area contributed by atoms with Crippen molar-refractivity contribution in [1.82, 2.24) is 9.34 Å². The summed E-state index contributed by atoms with van der Waals surface area (Å²) in [5, 5.41) is 12.0. The lowest BCUT2D eigenvalue weighted by atomic mass is 10.1. The molecule has 2 aliphatic rings. The number of hydrogen-bond acceptors (Lipinski definition) is 6. The van der Waals surface area contributed by atoms with E-state index in [4.69, 9.17) is 14.4 Å². The maximum absolute atomic E-state index is 13.2. The number of ether oxygens (including phenoxy) is 1. The van der Waals surface area contributed by atoms with Gasteiger partial charge in [-0.2, -0.15) is 0 Å². The van der Waals surface area contributed by atoms with Gasteiger partial charge in [-0.1, -0.05) is 6.07 Å². The van der Waals surface area contributed by atoms with Crippen LogP contribution in [-0.2, 0) is 9.09 Å². The highest BCUT2D eigenvalue weighted by Gasteiger charge is 2.50. The average molecular weight is 417 g/mol. The van der Waals surface area contributed by atoms with E-state index in [0.29, 0.717) is 11.3 Å². The van der Waals surface area contributed by atoms with Crippen LogP contribution in [0.25, 0.3) is 0 Å². The lowest BCUT2D eigenvalue weighted by Gasteiger charge is -2.24. The zero-order valence-corrected chi connectivity index (χ0v) is 16.6. The van der Waals surface area contributed by atoms with Gasteiger partial charge in [0, 0.05) is 26.2 Å². The topological polar surface area (TPSA) is 108 Å².